The van der Waals surface area contributed by atoms with Gasteiger partial charge in [-0.3, -0.25) is 4.79 Å². The van der Waals surface area contributed by atoms with Crippen molar-refractivity contribution >= 4 is 5.78 Å². The summed E-state index contributed by atoms with van der Waals surface area (Å²) in [6.07, 6.45) is -1.56. The van der Waals surface area contributed by atoms with Gasteiger partial charge in [-0.2, -0.15) is 0 Å². The highest BCUT2D eigenvalue weighted by Gasteiger charge is 2.68. The highest BCUT2D eigenvalue weighted by Crippen LogP contribution is 2.65. The number of aliphatic hydroxyl groups is 3. The number of ketones is 1. The number of benzene rings is 1. The molecule has 6 nitrogen and oxygen atoms in total. The van der Waals surface area contributed by atoms with E-state index in [0.717, 1.165) is 11.1 Å². The number of fused-ring (bicyclic) bond motifs is 2. The molecule has 3 N–H and O–H groups in total. The molecule has 0 aromatic heterocycles. The van der Waals surface area contributed by atoms with Crippen LogP contribution in [0.5, 0.6) is 5.75 Å². The minimum atomic E-state index is -1.57. The smallest absolute Gasteiger partial charge is 0.162 e. The van der Waals surface area contributed by atoms with Crippen molar-refractivity contribution in [2.75, 3.05) is 7.11 Å². The molecule has 1 aromatic rings. The third-order valence-electron chi connectivity index (χ3n) is 6.53. The lowest BCUT2D eigenvalue weighted by atomic mass is 9.58. The van der Waals surface area contributed by atoms with Gasteiger partial charge in [0, 0.05) is 17.6 Å². The van der Waals surface area contributed by atoms with Crippen molar-refractivity contribution in [1.29, 1.82) is 0 Å². The lowest BCUT2D eigenvalue weighted by Crippen LogP contribution is -2.56. The maximum absolute atomic E-state index is 12.9. The Morgan fingerprint density at radius 3 is 2.77 bits per heavy atom. The van der Waals surface area contributed by atoms with Gasteiger partial charge in [0.25, 0.3) is 0 Å². The molecule has 0 amide bonds. The third-order valence-corrected chi connectivity index (χ3v) is 6.53. The SMILES string of the molecule is COc1cccc2c1[C@@H](O)[C@@]1(O)[C@@H]3CC4=C(C(=O)C[C@](C)(O)C4)[C@H]1[C@H]2O3. The van der Waals surface area contributed by atoms with Crippen molar-refractivity contribution in [3.8, 4) is 5.75 Å². The molecule has 5 rings (SSSR count). The predicted molar refractivity (Wildman–Crippen MR) is 90.5 cm³/mol. The van der Waals surface area contributed by atoms with E-state index >= 15 is 0 Å². The fraction of sp³-hybridized carbons (Fsp3) is 0.550. The minimum absolute atomic E-state index is 0.0247. The molecule has 0 radical (unpaired) electrons. The second-order valence-electron chi connectivity index (χ2n) is 8.27. The third kappa shape index (κ3) is 1.83. The van der Waals surface area contributed by atoms with Gasteiger partial charge in [-0.25, -0.2) is 0 Å². The predicted octanol–water partition coefficient (Wildman–Crippen LogP) is 1.34. The van der Waals surface area contributed by atoms with E-state index in [2.05, 4.69) is 0 Å². The quantitative estimate of drug-likeness (QED) is 0.701. The molecule has 1 aromatic carbocycles. The van der Waals surface area contributed by atoms with Crippen LogP contribution in [0.15, 0.2) is 29.3 Å². The molecule has 0 saturated carbocycles. The molecule has 1 aliphatic heterocycles. The molecule has 3 aliphatic carbocycles. The Balaban J connectivity index is 1.72. The molecule has 6 heteroatoms. The topological polar surface area (TPSA) is 96.2 Å². The second kappa shape index (κ2) is 4.95. The van der Waals surface area contributed by atoms with E-state index in [0.29, 0.717) is 29.7 Å². The Hall–Kier alpha value is -1.73. The zero-order chi connectivity index (χ0) is 18.4. The van der Waals surface area contributed by atoms with Gasteiger partial charge in [0.1, 0.15) is 17.5 Å². The van der Waals surface area contributed by atoms with E-state index < -0.39 is 35.4 Å². The van der Waals surface area contributed by atoms with Gasteiger partial charge in [0.05, 0.1) is 30.8 Å². The summed E-state index contributed by atoms with van der Waals surface area (Å²) in [6.45, 7) is 1.66. The van der Waals surface area contributed by atoms with Gasteiger partial charge in [-0.05, 0) is 31.4 Å². The maximum atomic E-state index is 12.9. The van der Waals surface area contributed by atoms with E-state index in [4.69, 9.17) is 9.47 Å². The van der Waals surface area contributed by atoms with Crippen molar-refractivity contribution in [3.05, 3.63) is 40.5 Å². The van der Waals surface area contributed by atoms with Crippen LogP contribution in [0, 0.1) is 5.92 Å². The number of hydrogen-bond acceptors (Lipinski definition) is 6. The van der Waals surface area contributed by atoms with Gasteiger partial charge in [-0.15, -0.1) is 0 Å². The molecule has 0 spiro atoms. The summed E-state index contributed by atoms with van der Waals surface area (Å²) in [6, 6.07) is 5.43. The standard InChI is InChI=1S/C20H22O6/c1-19(23)7-9-6-13-20(24)16(14(9)11(21)8-19)17(26-13)10-4-3-5-12(25-2)15(10)18(20)22/h3-5,13,16-18,22-24H,6-8H2,1-2H3/t13-,16-,17-,18+,19+,20+/m0/s1. The maximum Gasteiger partial charge on any atom is 0.162 e. The molecule has 26 heavy (non-hydrogen) atoms. The van der Waals surface area contributed by atoms with E-state index in [1.807, 2.05) is 12.1 Å². The molecule has 1 saturated heterocycles. The lowest BCUT2D eigenvalue weighted by Gasteiger charge is -2.48. The molecule has 0 unspecified atom stereocenters. The first-order valence-electron chi connectivity index (χ1n) is 8.98. The number of carbonyl (C=O) groups is 1. The molecule has 6 atom stereocenters. The van der Waals surface area contributed by atoms with Crippen LogP contribution in [0.1, 0.15) is 49.5 Å². The van der Waals surface area contributed by atoms with Crippen LogP contribution < -0.4 is 4.74 Å². The Morgan fingerprint density at radius 1 is 1.27 bits per heavy atom. The van der Waals surface area contributed by atoms with Crippen LogP contribution in [0.4, 0.5) is 0 Å². The van der Waals surface area contributed by atoms with Crippen LogP contribution in [0.25, 0.3) is 0 Å². The summed E-state index contributed by atoms with van der Waals surface area (Å²) >= 11 is 0. The van der Waals surface area contributed by atoms with Gasteiger partial charge in [-0.1, -0.05) is 17.7 Å². The summed E-state index contributed by atoms with van der Waals surface area (Å²) < 4.78 is 11.6. The molecular weight excluding hydrogens is 336 g/mol. The van der Waals surface area contributed by atoms with Crippen LogP contribution in [-0.4, -0.2) is 45.5 Å². The summed E-state index contributed by atoms with van der Waals surface area (Å²) in [5.41, 5.74) is 0.0690. The average molecular weight is 358 g/mol. The number of Topliss-reactive ketones (excluding diaryl/α,β-unsaturated/α-hetero) is 1. The number of rotatable bonds is 1. The van der Waals surface area contributed by atoms with Gasteiger partial charge in [0.2, 0.25) is 0 Å². The highest BCUT2D eigenvalue weighted by molar-refractivity contribution is 5.99. The highest BCUT2D eigenvalue weighted by atomic mass is 16.5. The van der Waals surface area contributed by atoms with E-state index in [1.165, 1.54) is 7.11 Å². The molecule has 138 valence electrons. The van der Waals surface area contributed by atoms with Crippen molar-refractivity contribution in [2.24, 2.45) is 5.92 Å². The van der Waals surface area contributed by atoms with Crippen LogP contribution in [0.2, 0.25) is 0 Å². The second-order valence-corrected chi connectivity index (χ2v) is 8.27. The van der Waals surface area contributed by atoms with Crippen molar-refractivity contribution < 1.29 is 29.6 Å². The number of hydrogen-bond donors (Lipinski definition) is 3. The zero-order valence-electron chi connectivity index (χ0n) is 14.7. The summed E-state index contributed by atoms with van der Waals surface area (Å²) in [4.78, 5) is 12.9. The first-order valence-corrected chi connectivity index (χ1v) is 8.98. The van der Waals surface area contributed by atoms with E-state index in [-0.39, 0.29) is 12.2 Å². The molecule has 4 bridgehead atoms. The Morgan fingerprint density at radius 2 is 2.04 bits per heavy atom. The van der Waals surface area contributed by atoms with Crippen LogP contribution >= 0.6 is 0 Å². The van der Waals surface area contributed by atoms with Crippen molar-refractivity contribution in [2.45, 2.75) is 55.7 Å². The fourth-order valence-electron chi connectivity index (χ4n) is 5.57. The summed E-state index contributed by atoms with van der Waals surface area (Å²) in [7, 11) is 1.53. The largest absolute Gasteiger partial charge is 0.496 e. The average Bonchev–Trinajstić information content (AvgIpc) is 2.71. The van der Waals surface area contributed by atoms with E-state index in [1.54, 1.807) is 13.0 Å². The lowest BCUT2D eigenvalue weighted by molar-refractivity contribution is -0.141. The first-order chi connectivity index (χ1) is 12.3. The molecular formula is C20H22O6. The van der Waals surface area contributed by atoms with Crippen LogP contribution in [0.3, 0.4) is 0 Å². The van der Waals surface area contributed by atoms with Gasteiger partial charge in [0.15, 0.2) is 5.78 Å². The molecule has 4 aliphatic rings. The normalized spacial score (nSPS) is 43.2. The van der Waals surface area contributed by atoms with E-state index in [9.17, 15) is 20.1 Å². The number of carbonyl (C=O) groups excluding carboxylic acids is 1. The Labute approximate surface area is 151 Å². The van der Waals surface area contributed by atoms with Gasteiger partial charge < -0.3 is 24.8 Å². The number of aliphatic hydroxyl groups excluding tert-OH is 1. The Kier molecular flexibility index (Phi) is 3.13. The molecule has 1 heterocycles. The van der Waals surface area contributed by atoms with Gasteiger partial charge >= 0.3 is 0 Å². The van der Waals surface area contributed by atoms with Crippen LogP contribution in [-0.2, 0) is 9.53 Å². The zero-order valence-corrected chi connectivity index (χ0v) is 14.7. The fourth-order valence-corrected chi connectivity index (χ4v) is 5.57. The number of ether oxygens (including phenoxy) is 2. The monoisotopic (exact) mass is 358 g/mol. The summed E-state index contributed by atoms with van der Waals surface area (Å²) in [5.74, 6) is -0.268. The molecule has 1 fully saturated rings. The minimum Gasteiger partial charge on any atom is -0.496 e. The first kappa shape index (κ1) is 16.4. The number of methoxy groups -OCH3 is 1. The summed E-state index contributed by atoms with van der Waals surface area (Å²) in [5, 5.41) is 33.1. The van der Waals surface area contributed by atoms with Crippen molar-refractivity contribution in [1.82, 2.24) is 0 Å². The van der Waals surface area contributed by atoms with Crippen molar-refractivity contribution in [3.63, 3.8) is 0 Å². The Bertz CT molecular complexity index is 856.